The summed E-state index contributed by atoms with van der Waals surface area (Å²) in [7, 11) is 20.7. The summed E-state index contributed by atoms with van der Waals surface area (Å²) >= 11 is 6.05. The summed E-state index contributed by atoms with van der Waals surface area (Å²) in [6.45, 7) is 7.50. The van der Waals surface area contributed by atoms with Gasteiger partial charge in [0.1, 0.15) is 63.2 Å². The van der Waals surface area contributed by atoms with Crippen molar-refractivity contribution in [3.8, 4) is 97.4 Å². The van der Waals surface area contributed by atoms with Gasteiger partial charge in [0, 0.05) is 27.2 Å². The Labute approximate surface area is 761 Å². The highest BCUT2D eigenvalue weighted by Gasteiger charge is 2.37. The van der Waals surface area contributed by atoms with E-state index in [1.54, 1.807) is 92.1 Å². The lowest BCUT2D eigenvalue weighted by Crippen LogP contribution is -2.30. The number of ether oxygens (including phenoxy) is 14. The average Bonchev–Trinajstić information content (AvgIpc) is 0.773. The molecule has 129 heavy (non-hydrogen) atoms. The van der Waals surface area contributed by atoms with Crippen molar-refractivity contribution in [3.05, 3.63) is 399 Å². The summed E-state index contributed by atoms with van der Waals surface area (Å²) in [6.07, 6.45) is 6.35. The van der Waals surface area contributed by atoms with E-state index in [9.17, 15) is 17.6 Å². The van der Waals surface area contributed by atoms with Gasteiger partial charge in [-0.15, -0.1) is 0 Å². The standard InChI is InChI=1S/C22H22O2.C21H19ClO2.C20H24O2.C17H16F4O2.C16H18O3.C14H14O3/c1-22(17-7-5-4-6-8-17,18-9-13-20(23-2)14-10-18)19-11-15-21(24-3)16-12-19;1-23-19-11-5-16(6-12-19)21(15-3-9-18(22)10-4-15)17-7-13-20(24-2)14-8-17;1-21-18-10-6-16(7-11-18)20(14-4-3-5-15-20)17-8-12-19(22-2)13-9-17;1-17(2,9-5-11(18)15(22-3)12(19)6-9)10-7-13(20)16(23-4)14(21)8-10;1-11-9-12(5-7-14(11)17-2)13-6-8-15(18-3)16(10-13)19-4;1-15-11-3-7-13(8-4-11)17-14-9-5-12(16-2)6-10-14/h4-16H,1-3H3;3-14,21H,1-2H3;6-13H,3-5,14-15H2,1-2H3;5-8H,1-4H3;5-10H,1-4H3;3-10H,1-2H3. The molecular weight excluding hydrogens is 1660 g/mol. The van der Waals surface area contributed by atoms with Crippen LogP contribution in [0.15, 0.2) is 309 Å². The molecule has 14 aromatic carbocycles. The number of hydrogen-bond donors (Lipinski definition) is 0. The molecule has 1 fully saturated rings. The Bertz CT molecular complexity index is 5490. The minimum Gasteiger partial charge on any atom is -0.497 e. The maximum atomic E-state index is 13.9. The van der Waals surface area contributed by atoms with Crippen molar-refractivity contribution in [1.82, 2.24) is 0 Å². The number of rotatable bonds is 26. The van der Waals surface area contributed by atoms with Crippen LogP contribution >= 0.6 is 11.6 Å². The third kappa shape index (κ3) is 25.0. The van der Waals surface area contributed by atoms with E-state index in [0.717, 1.165) is 135 Å². The first kappa shape index (κ1) is 97.5. The summed E-state index contributed by atoms with van der Waals surface area (Å²) in [5, 5.41) is 0.738. The third-order valence-electron chi connectivity index (χ3n) is 23.1. The van der Waals surface area contributed by atoms with Crippen molar-refractivity contribution in [3.63, 3.8) is 0 Å². The average molecular weight is 1770 g/mol. The fourth-order valence-electron chi connectivity index (χ4n) is 15.6. The van der Waals surface area contributed by atoms with Crippen LogP contribution in [0.2, 0.25) is 5.02 Å². The van der Waals surface area contributed by atoms with Crippen molar-refractivity contribution in [2.24, 2.45) is 0 Å². The van der Waals surface area contributed by atoms with E-state index in [1.165, 1.54) is 76.6 Å². The number of halogens is 5. The van der Waals surface area contributed by atoms with Crippen molar-refractivity contribution in [2.45, 2.75) is 82.0 Å². The first-order valence-electron chi connectivity index (χ1n) is 42.0. The Kier molecular flexibility index (Phi) is 35.7. The second-order valence-corrected chi connectivity index (χ2v) is 31.3. The second-order valence-electron chi connectivity index (χ2n) is 30.9. The highest BCUT2D eigenvalue weighted by molar-refractivity contribution is 6.30. The molecule has 0 N–H and O–H groups in total. The summed E-state index contributed by atoms with van der Waals surface area (Å²) in [4.78, 5) is 0. The lowest BCUT2D eigenvalue weighted by Gasteiger charge is -2.38. The fraction of sp³-hybridized carbons (Fsp3) is 0.236. The van der Waals surface area contributed by atoms with Gasteiger partial charge in [0.15, 0.2) is 46.3 Å². The fourth-order valence-corrected chi connectivity index (χ4v) is 15.7. The molecule has 19 heteroatoms. The van der Waals surface area contributed by atoms with Crippen LogP contribution in [0.3, 0.4) is 0 Å². The number of hydrogen-bond acceptors (Lipinski definition) is 14. The molecule has 14 aromatic rings. The Balaban J connectivity index is 0.000000162. The Morgan fingerprint density at radius 3 is 0.899 bits per heavy atom. The highest BCUT2D eigenvalue weighted by Crippen LogP contribution is 2.47. The van der Waals surface area contributed by atoms with Gasteiger partial charge in [-0.25, -0.2) is 17.6 Å². The molecule has 0 aromatic heterocycles. The minimum absolute atomic E-state index is 0.124. The molecule has 0 radical (unpaired) electrons. The molecule has 1 saturated carbocycles. The minimum atomic E-state index is -1.04. The van der Waals surface area contributed by atoms with Gasteiger partial charge in [0.05, 0.1) is 92.4 Å². The molecule has 1 aliphatic rings. The molecule has 0 aliphatic heterocycles. The van der Waals surface area contributed by atoms with Crippen LogP contribution in [0.5, 0.6) is 86.2 Å². The van der Waals surface area contributed by atoms with Crippen molar-refractivity contribution >= 4 is 11.6 Å². The molecule has 0 bridgehead atoms. The van der Waals surface area contributed by atoms with E-state index in [1.807, 2.05) is 153 Å². The Morgan fingerprint density at radius 1 is 0.279 bits per heavy atom. The Morgan fingerprint density at radius 2 is 0.574 bits per heavy atom. The van der Waals surface area contributed by atoms with Gasteiger partial charge in [-0.1, -0.05) is 172 Å². The van der Waals surface area contributed by atoms with Crippen LogP contribution in [0.4, 0.5) is 17.6 Å². The van der Waals surface area contributed by atoms with Crippen molar-refractivity contribution in [1.29, 1.82) is 0 Å². The quantitative estimate of drug-likeness (QED) is 0.0377. The Hall–Kier alpha value is -13.7. The topological polar surface area (TPSA) is 129 Å². The van der Waals surface area contributed by atoms with Gasteiger partial charge < -0.3 is 66.3 Å². The number of methoxy groups -OCH3 is 13. The zero-order valence-electron chi connectivity index (χ0n) is 76.2. The van der Waals surface area contributed by atoms with Gasteiger partial charge in [0.2, 0.25) is 0 Å². The molecular formula is C110H113ClF4O14. The number of benzene rings is 14. The van der Waals surface area contributed by atoms with Gasteiger partial charge in [-0.2, -0.15) is 0 Å². The van der Waals surface area contributed by atoms with E-state index in [-0.39, 0.29) is 27.9 Å². The highest BCUT2D eigenvalue weighted by atomic mass is 35.5. The van der Waals surface area contributed by atoms with Gasteiger partial charge in [0.25, 0.3) is 0 Å². The van der Waals surface area contributed by atoms with Gasteiger partial charge in [-0.3, -0.25) is 0 Å². The summed E-state index contributed by atoms with van der Waals surface area (Å²) < 4.78 is 128. The van der Waals surface area contributed by atoms with E-state index in [2.05, 4.69) is 156 Å². The largest absolute Gasteiger partial charge is 0.497 e. The summed E-state index contributed by atoms with van der Waals surface area (Å²) in [5.74, 6) is 6.38. The number of aryl methyl sites for hydroxylation is 1. The van der Waals surface area contributed by atoms with E-state index in [0.29, 0.717) is 0 Å². The maximum absolute atomic E-state index is 13.9. The lowest BCUT2D eigenvalue weighted by atomic mass is 9.65. The van der Waals surface area contributed by atoms with Crippen LogP contribution in [-0.4, -0.2) is 92.4 Å². The van der Waals surface area contributed by atoms with Crippen LogP contribution in [-0.2, 0) is 16.2 Å². The zero-order valence-corrected chi connectivity index (χ0v) is 76.9. The molecule has 14 nitrogen and oxygen atoms in total. The van der Waals surface area contributed by atoms with E-state index in [4.69, 9.17) is 68.4 Å². The molecule has 0 saturated heterocycles. The molecule has 1 aliphatic carbocycles. The monoisotopic (exact) mass is 1770 g/mol. The van der Waals surface area contributed by atoms with Crippen molar-refractivity contribution < 1.29 is 83.9 Å². The van der Waals surface area contributed by atoms with Crippen LogP contribution < -0.4 is 66.3 Å². The van der Waals surface area contributed by atoms with Crippen LogP contribution in [0.25, 0.3) is 11.1 Å². The molecule has 0 amide bonds. The third-order valence-corrected chi connectivity index (χ3v) is 23.3. The molecule has 0 atom stereocenters. The summed E-state index contributed by atoms with van der Waals surface area (Å²) in [6, 6.07) is 100.0. The maximum Gasteiger partial charge on any atom is 0.190 e. The predicted molar refractivity (Wildman–Crippen MR) is 507 cm³/mol. The molecule has 672 valence electrons. The first-order chi connectivity index (χ1) is 62.4. The summed E-state index contributed by atoms with van der Waals surface area (Å²) in [5.41, 5.74) is 12.7. The normalized spacial score (nSPS) is 11.8. The van der Waals surface area contributed by atoms with Crippen LogP contribution in [0, 0.1) is 30.2 Å². The van der Waals surface area contributed by atoms with Gasteiger partial charge in [-0.05, 0) is 281 Å². The van der Waals surface area contributed by atoms with E-state index >= 15 is 0 Å². The zero-order chi connectivity index (χ0) is 92.6. The van der Waals surface area contributed by atoms with Crippen LogP contribution in [0.1, 0.15) is 120 Å². The SMILES string of the molecule is COc1c(F)cc(C(C)(C)c2cc(F)c(OC)c(F)c2)cc1F.COc1ccc(-c2ccc(OC)c(OC)c2)cc1C.COc1ccc(C(C)(c2ccccc2)c2ccc(OC)cc2)cc1.COc1ccc(C(c2ccc(Cl)cc2)c2ccc(OC)cc2)cc1.COc1ccc(C2(c3ccc(OC)cc3)CCCCC2)cc1.COc1ccc(Oc2ccc(OC)cc2)cc1. The second kappa shape index (κ2) is 47.2. The molecule has 0 spiro atoms. The predicted octanol–water partition coefficient (Wildman–Crippen LogP) is 27.3. The molecule has 0 unspecified atom stereocenters. The molecule has 0 heterocycles. The smallest absolute Gasteiger partial charge is 0.190 e. The lowest BCUT2D eigenvalue weighted by molar-refractivity contribution is 0.344. The van der Waals surface area contributed by atoms with Gasteiger partial charge >= 0.3 is 0 Å². The molecule has 15 rings (SSSR count). The van der Waals surface area contributed by atoms with E-state index < -0.39 is 40.2 Å². The first-order valence-corrected chi connectivity index (χ1v) is 42.4. The van der Waals surface area contributed by atoms with Crippen molar-refractivity contribution in [2.75, 3.05) is 92.4 Å².